The Balaban J connectivity index is 1.25. The predicted octanol–water partition coefficient (Wildman–Crippen LogP) is 2.72. The van der Waals surface area contributed by atoms with Crippen LogP contribution in [0.15, 0.2) is 65.8 Å². The molecule has 0 saturated carbocycles. The number of benzene rings is 2. The summed E-state index contributed by atoms with van der Waals surface area (Å²) in [6, 6.07) is 15.3. The summed E-state index contributed by atoms with van der Waals surface area (Å²) in [5.74, 6) is 1.33. The van der Waals surface area contributed by atoms with Crippen LogP contribution in [-0.4, -0.2) is 49.9 Å². The summed E-state index contributed by atoms with van der Waals surface area (Å²) in [5.41, 5.74) is 2.02. The maximum Gasteiger partial charge on any atom is 0.264 e. The first-order valence-corrected chi connectivity index (χ1v) is 11.4. The molecular weight excluding hydrogens is 434 g/mol. The molecule has 2 aliphatic rings. The van der Waals surface area contributed by atoms with Crippen LogP contribution >= 0.6 is 0 Å². The number of amides is 1. The van der Waals surface area contributed by atoms with E-state index in [1.54, 1.807) is 4.68 Å². The summed E-state index contributed by atoms with van der Waals surface area (Å²) >= 11 is 0. The van der Waals surface area contributed by atoms with Crippen molar-refractivity contribution < 1.29 is 14.3 Å². The Morgan fingerprint density at radius 3 is 2.74 bits per heavy atom. The maximum atomic E-state index is 13.3. The van der Waals surface area contributed by atoms with Gasteiger partial charge in [0.05, 0.1) is 17.9 Å². The lowest BCUT2D eigenvalue weighted by Gasteiger charge is -2.27. The fourth-order valence-electron chi connectivity index (χ4n) is 4.73. The average molecular weight is 457 g/mol. The number of ether oxygens (including phenoxy) is 2. The molecule has 4 aromatic rings. The largest absolute Gasteiger partial charge is 0.486 e. The van der Waals surface area contributed by atoms with E-state index in [9.17, 15) is 9.59 Å². The van der Waals surface area contributed by atoms with Gasteiger partial charge < -0.3 is 14.4 Å². The Bertz CT molecular complexity index is 1430. The zero-order valence-corrected chi connectivity index (χ0v) is 18.5. The minimum absolute atomic E-state index is 0.0588. The maximum absolute atomic E-state index is 13.3. The minimum atomic E-state index is -0.282. The molecule has 2 aliphatic heterocycles. The lowest BCUT2D eigenvalue weighted by atomic mass is 10.0. The van der Waals surface area contributed by atoms with Gasteiger partial charge in [0.15, 0.2) is 17.1 Å². The van der Waals surface area contributed by atoms with E-state index in [-0.39, 0.29) is 24.1 Å². The summed E-state index contributed by atoms with van der Waals surface area (Å²) in [6.07, 6.45) is 4.70. The average Bonchev–Trinajstić information content (AvgIpc) is 3.54. The van der Waals surface area contributed by atoms with E-state index in [1.165, 1.54) is 17.1 Å². The number of carbonyl (C=O) groups is 1. The van der Waals surface area contributed by atoms with Crippen molar-refractivity contribution in [2.24, 2.45) is 0 Å². The quantitative estimate of drug-likeness (QED) is 0.468. The summed E-state index contributed by atoms with van der Waals surface area (Å²) in [5, 5.41) is 4.71. The molecule has 0 spiro atoms. The monoisotopic (exact) mass is 457 g/mol. The van der Waals surface area contributed by atoms with Gasteiger partial charge in [0.2, 0.25) is 5.91 Å². The van der Waals surface area contributed by atoms with E-state index in [4.69, 9.17) is 9.47 Å². The molecule has 1 amide bonds. The molecule has 2 aromatic heterocycles. The fraction of sp³-hybridized carbons (Fsp3) is 0.280. The highest BCUT2D eigenvalue weighted by Gasteiger charge is 2.31. The molecule has 2 aromatic carbocycles. The highest BCUT2D eigenvalue weighted by Crippen LogP contribution is 2.38. The molecular formula is C25H23N5O4. The van der Waals surface area contributed by atoms with Crippen LogP contribution in [-0.2, 0) is 11.3 Å². The third-order valence-corrected chi connectivity index (χ3v) is 6.39. The van der Waals surface area contributed by atoms with E-state index in [2.05, 4.69) is 10.1 Å². The fourth-order valence-corrected chi connectivity index (χ4v) is 4.73. The van der Waals surface area contributed by atoms with Gasteiger partial charge in [-0.15, -0.1) is 0 Å². The van der Waals surface area contributed by atoms with Crippen LogP contribution in [0.25, 0.3) is 16.7 Å². The van der Waals surface area contributed by atoms with Crippen molar-refractivity contribution >= 4 is 16.9 Å². The van der Waals surface area contributed by atoms with Crippen LogP contribution in [0.4, 0.5) is 0 Å². The summed E-state index contributed by atoms with van der Waals surface area (Å²) < 4.78 is 14.3. The highest BCUT2D eigenvalue weighted by atomic mass is 16.6. The minimum Gasteiger partial charge on any atom is -0.486 e. The van der Waals surface area contributed by atoms with Gasteiger partial charge in [0, 0.05) is 6.54 Å². The Morgan fingerprint density at radius 2 is 1.88 bits per heavy atom. The smallest absolute Gasteiger partial charge is 0.264 e. The van der Waals surface area contributed by atoms with Crippen LogP contribution in [0, 0.1) is 0 Å². The highest BCUT2D eigenvalue weighted by molar-refractivity contribution is 5.78. The van der Waals surface area contributed by atoms with Crippen molar-refractivity contribution in [3.05, 3.63) is 77.0 Å². The van der Waals surface area contributed by atoms with Gasteiger partial charge in [-0.2, -0.15) is 5.10 Å². The molecule has 1 fully saturated rings. The predicted molar refractivity (Wildman–Crippen MR) is 124 cm³/mol. The Kier molecular flexibility index (Phi) is 5.01. The van der Waals surface area contributed by atoms with Gasteiger partial charge in [-0.05, 0) is 42.7 Å². The van der Waals surface area contributed by atoms with E-state index in [0.29, 0.717) is 36.5 Å². The molecule has 0 unspecified atom stereocenters. The van der Waals surface area contributed by atoms with E-state index < -0.39 is 0 Å². The summed E-state index contributed by atoms with van der Waals surface area (Å²) in [4.78, 5) is 32.7. The third-order valence-electron chi connectivity index (χ3n) is 6.39. The number of hydrogen-bond acceptors (Lipinski definition) is 6. The lowest BCUT2D eigenvalue weighted by Crippen LogP contribution is -2.36. The van der Waals surface area contributed by atoms with E-state index >= 15 is 0 Å². The topological polar surface area (TPSA) is 91.5 Å². The summed E-state index contributed by atoms with van der Waals surface area (Å²) in [7, 11) is 0. The second kappa shape index (κ2) is 8.33. The number of para-hydroxylation sites is 1. The van der Waals surface area contributed by atoms with Gasteiger partial charge in [0.25, 0.3) is 5.56 Å². The molecule has 9 heteroatoms. The number of carbonyl (C=O) groups excluding carboxylic acids is 1. The third kappa shape index (κ3) is 3.49. The van der Waals surface area contributed by atoms with Crippen LogP contribution in [0.3, 0.4) is 0 Å². The number of fused-ring (bicyclic) bond motifs is 2. The van der Waals surface area contributed by atoms with E-state index in [0.717, 1.165) is 29.8 Å². The molecule has 1 saturated heterocycles. The Hall–Kier alpha value is -4.14. The molecule has 0 N–H and O–H groups in total. The van der Waals surface area contributed by atoms with Crippen molar-refractivity contribution in [2.75, 3.05) is 19.8 Å². The number of nitrogens with zero attached hydrogens (tertiary/aromatic N) is 5. The molecule has 0 aliphatic carbocycles. The van der Waals surface area contributed by atoms with Gasteiger partial charge in [-0.25, -0.2) is 9.67 Å². The first-order chi connectivity index (χ1) is 16.7. The Morgan fingerprint density at radius 1 is 1.06 bits per heavy atom. The Labute approximate surface area is 195 Å². The number of likely N-dealkylation sites (tertiary alicyclic amines) is 1. The normalized spacial score (nSPS) is 17.3. The second-order valence-electron chi connectivity index (χ2n) is 8.46. The van der Waals surface area contributed by atoms with Gasteiger partial charge in [0.1, 0.15) is 31.5 Å². The molecule has 0 bridgehead atoms. The van der Waals surface area contributed by atoms with Crippen LogP contribution in [0.1, 0.15) is 24.4 Å². The van der Waals surface area contributed by atoms with Crippen molar-refractivity contribution in [3.8, 4) is 17.2 Å². The van der Waals surface area contributed by atoms with Crippen molar-refractivity contribution in [1.82, 2.24) is 24.2 Å². The van der Waals surface area contributed by atoms with Gasteiger partial charge in [-0.1, -0.05) is 24.3 Å². The van der Waals surface area contributed by atoms with E-state index in [1.807, 2.05) is 53.4 Å². The number of rotatable bonds is 4. The van der Waals surface area contributed by atoms with Gasteiger partial charge >= 0.3 is 0 Å². The van der Waals surface area contributed by atoms with Crippen LogP contribution in [0.2, 0.25) is 0 Å². The summed E-state index contributed by atoms with van der Waals surface area (Å²) in [6.45, 7) is 1.63. The molecule has 172 valence electrons. The first kappa shape index (κ1) is 20.5. The van der Waals surface area contributed by atoms with Gasteiger partial charge in [-0.3, -0.25) is 14.2 Å². The van der Waals surface area contributed by atoms with Crippen molar-refractivity contribution in [2.45, 2.75) is 25.4 Å². The SMILES string of the molecule is O=C(Cn1cnc2c(cnn2-c2ccccc2)c1=O)N1CCC[C@H]1c1ccc2c(c1)OCCO2. The lowest BCUT2D eigenvalue weighted by molar-refractivity contribution is -0.132. The number of aromatic nitrogens is 4. The van der Waals surface area contributed by atoms with Crippen molar-refractivity contribution in [3.63, 3.8) is 0 Å². The van der Waals surface area contributed by atoms with Crippen LogP contribution in [0.5, 0.6) is 11.5 Å². The van der Waals surface area contributed by atoms with Crippen molar-refractivity contribution in [1.29, 1.82) is 0 Å². The standard InChI is InChI=1S/C25H23N5O4/c31-23(29-10-4-7-20(29)17-8-9-21-22(13-17)34-12-11-33-21)15-28-16-26-24-19(25(28)32)14-27-30(24)18-5-2-1-3-6-18/h1-3,5-6,8-9,13-14,16,20H,4,7,10-12,15H2/t20-/m0/s1. The molecule has 34 heavy (non-hydrogen) atoms. The molecule has 9 nitrogen and oxygen atoms in total. The zero-order chi connectivity index (χ0) is 23.1. The molecule has 6 rings (SSSR count). The second-order valence-corrected chi connectivity index (χ2v) is 8.46. The zero-order valence-electron chi connectivity index (χ0n) is 18.5. The first-order valence-electron chi connectivity index (χ1n) is 11.4. The molecule has 0 radical (unpaired) electrons. The van der Waals surface area contributed by atoms with Crippen LogP contribution < -0.4 is 15.0 Å². The number of hydrogen-bond donors (Lipinski definition) is 0. The molecule has 1 atom stereocenters. The molecule has 4 heterocycles.